The topological polar surface area (TPSA) is 90.2 Å². The van der Waals surface area contributed by atoms with Gasteiger partial charge in [0.2, 0.25) is 5.43 Å². The number of aliphatic hydroxyl groups excluding tert-OH is 1. The number of ether oxygens (including phenoxy) is 3. The zero-order chi connectivity index (χ0) is 22.3. The summed E-state index contributed by atoms with van der Waals surface area (Å²) in [6.45, 7) is 1.35. The Morgan fingerprint density at radius 3 is 2.42 bits per heavy atom. The largest absolute Gasteiger partial charge is 0.493 e. The quantitative estimate of drug-likeness (QED) is 0.268. The molecule has 0 aliphatic rings. The van der Waals surface area contributed by atoms with Gasteiger partial charge >= 0.3 is 0 Å². The van der Waals surface area contributed by atoms with Gasteiger partial charge in [0.15, 0.2) is 22.8 Å². The minimum Gasteiger partial charge on any atom is -0.493 e. The highest BCUT2D eigenvalue weighted by Crippen LogP contribution is 2.27. The second kappa shape index (κ2) is 11.6. The van der Waals surface area contributed by atoms with Crippen molar-refractivity contribution in [2.45, 2.75) is 6.10 Å². The van der Waals surface area contributed by atoms with E-state index < -0.39 is 6.10 Å². The van der Waals surface area contributed by atoms with Crippen molar-refractivity contribution in [1.29, 1.82) is 0 Å². The molecule has 0 radical (unpaired) electrons. The van der Waals surface area contributed by atoms with E-state index in [1.165, 1.54) is 0 Å². The molecule has 2 N–H and O–H groups in total. The van der Waals surface area contributed by atoms with Gasteiger partial charge in [-0.3, -0.25) is 4.79 Å². The van der Waals surface area contributed by atoms with E-state index in [4.69, 9.17) is 18.6 Å². The number of aliphatic hydroxyl groups is 1. The molecule has 1 aromatic heterocycles. The fourth-order valence-corrected chi connectivity index (χ4v) is 3.40. The van der Waals surface area contributed by atoms with E-state index in [0.29, 0.717) is 58.9 Å². The van der Waals surface area contributed by atoms with Crippen LogP contribution < -0.4 is 25.0 Å². The van der Waals surface area contributed by atoms with Crippen molar-refractivity contribution in [3.63, 3.8) is 0 Å². The Bertz CT molecular complexity index is 1260. The minimum atomic E-state index is -0.747. The molecule has 0 aliphatic carbocycles. The molecule has 0 saturated heterocycles. The van der Waals surface area contributed by atoms with Crippen molar-refractivity contribution in [1.82, 2.24) is 5.32 Å². The predicted molar refractivity (Wildman–Crippen MR) is 130 cm³/mol. The number of benzene rings is 3. The molecular formula is C25H26ClNO6. The summed E-state index contributed by atoms with van der Waals surface area (Å²) in [7, 11) is 1.60. The van der Waals surface area contributed by atoms with Crippen molar-refractivity contribution in [2.24, 2.45) is 0 Å². The van der Waals surface area contributed by atoms with Crippen LogP contribution in [0.2, 0.25) is 0 Å². The second-order valence-corrected chi connectivity index (χ2v) is 7.23. The number of nitrogens with one attached hydrogen (secondary N) is 1. The number of halogens is 1. The van der Waals surface area contributed by atoms with Crippen LogP contribution in [0.15, 0.2) is 75.9 Å². The van der Waals surface area contributed by atoms with Crippen LogP contribution >= 0.6 is 12.4 Å². The van der Waals surface area contributed by atoms with Crippen LogP contribution in [0, 0.1) is 0 Å². The predicted octanol–water partition coefficient (Wildman–Crippen LogP) is 3.78. The first kappa shape index (κ1) is 24.4. The average Bonchev–Trinajstić information content (AvgIpc) is 2.83. The lowest BCUT2D eigenvalue weighted by atomic mass is 10.1. The Morgan fingerprint density at radius 1 is 0.909 bits per heavy atom. The monoisotopic (exact) mass is 471 g/mol. The van der Waals surface area contributed by atoms with Crippen LogP contribution in [0.1, 0.15) is 0 Å². The molecule has 0 spiro atoms. The SMILES string of the molecule is COc1ccccc1OCCNCC(O)COc1cccc2c(=O)c3ccccc3oc12.Cl. The fraction of sp³-hybridized carbons (Fsp3) is 0.240. The summed E-state index contributed by atoms with van der Waals surface area (Å²) in [4.78, 5) is 12.7. The first-order valence-electron chi connectivity index (χ1n) is 10.4. The van der Waals surface area contributed by atoms with Gasteiger partial charge in [0.05, 0.1) is 17.9 Å². The van der Waals surface area contributed by atoms with E-state index in [0.717, 1.165) is 0 Å². The zero-order valence-electron chi connectivity index (χ0n) is 18.2. The number of fused-ring (bicyclic) bond motifs is 2. The lowest BCUT2D eigenvalue weighted by Gasteiger charge is -2.15. The summed E-state index contributed by atoms with van der Waals surface area (Å²) in [5.74, 6) is 1.77. The molecule has 1 atom stereocenters. The van der Waals surface area contributed by atoms with Gasteiger partial charge in [-0.25, -0.2) is 0 Å². The lowest BCUT2D eigenvalue weighted by Crippen LogP contribution is -2.33. The Balaban J connectivity index is 0.00000306. The van der Waals surface area contributed by atoms with Gasteiger partial charge in [0.1, 0.15) is 24.9 Å². The normalized spacial score (nSPS) is 11.7. The zero-order valence-corrected chi connectivity index (χ0v) is 19.0. The third-order valence-electron chi connectivity index (χ3n) is 4.98. The summed E-state index contributed by atoms with van der Waals surface area (Å²) in [5.41, 5.74) is 0.768. The van der Waals surface area contributed by atoms with Gasteiger partial charge < -0.3 is 29.1 Å². The standard InChI is InChI=1S/C25H25NO6.ClH/c1-29-21-10-4-5-11-22(21)30-14-13-26-15-17(27)16-31-23-12-6-8-19-24(28)18-7-2-3-9-20(18)32-25(19)23;/h2-12,17,26-27H,13-16H2,1H3;1H. The molecule has 0 saturated carbocycles. The number of hydrogen-bond donors (Lipinski definition) is 2. The van der Waals surface area contributed by atoms with E-state index in [-0.39, 0.29) is 24.4 Å². The molecule has 1 heterocycles. The molecule has 4 rings (SSSR count). The van der Waals surface area contributed by atoms with Gasteiger partial charge in [-0.15, -0.1) is 12.4 Å². The van der Waals surface area contributed by atoms with Gasteiger partial charge in [0.25, 0.3) is 0 Å². The maximum Gasteiger partial charge on any atom is 0.200 e. The molecule has 8 heteroatoms. The van der Waals surface area contributed by atoms with Crippen LogP contribution in [0.3, 0.4) is 0 Å². The van der Waals surface area contributed by atoms with Crippen LogP contribution in [0.5, 0.6) is 17.2 Å². The van der Waals surface area contributed by atoms with E-state index in [9.17, 15) is 9.90 Å². The lowest BCUT2D eigenvalue weighted by molar-refractivity contribution is 0.105. The fourth-order valence-electron chi connectivity index (χ4n) is 3.40. The minimum absolute atomic E-state index is 0. The highest BCUT2D eigenvalue weighted by molar-refractivity contribution is 5.92. The first-order chi connectivity index (χ1) is 15.7. The number of methoxy groups -OCH3 is 1. The average molecular weight is 472 g/mol. The maximum absolute atomic E-state index is 12.7. The van der Waals surface area contributed by atoms with Crippen molar-refractivity contribution >= 4 is 34.3 Å². The molecule has 3 aromatic carbocycles. The third-order valence-corrected chi connectivity index (χ3v) is 4.98. The number of rotatable bonds is 10. The van der Waals surface area contributed by atoms with E-state index in [1.54, 1.807) is 43.5 Å². The highest BCUT2D eigenvalue weighted by Gasteiger charge is 2.13. The van der Waals surface area contributed by atoms with Crippen LogP contribution in [0.4, 0.5) is 0 Å². The molecule has 0 bridgehead atoms. The molecule has 0 fully saturated rings. The van der Waals surface area contributed by atoms with Gasteiger partial charge in [0, 0.05) is 13.1 Å². The van der Waals surface area contributed by atoms with Crippen molar-refractivity contribution in [3.05, 3.63) is 77.0 Å². The Morgan fingerprint density at radius 2 is 1.61 bits per heavy atom. The molecule has 4 aromatic rings. The summed E-state index contributed by atoms with van der Waals surface area (Å²) in [5, 5.41) is 14.4. The van der Waals surface area contributed by atoms with Crippen molar-refractivity contribution in [2.75, 3.05) is 33.4 Å². The number of hydrogen-bond acceptors (Lipinski definition) is 7. The first-order valence-corrected chi connectivity index (χ1v) is 10.4. The maximum atomic E-state index is 12.7. The van der Waals surface area contributed by atoms with Gasteiger partial charge in [-0.2, -0.15) is 0 Å². The van der Waals surface area contributed by atoms with Crippen molar-refractivity contribution in [3.8, 4) is 17.2 Å². The molecule has 174 valence electrons. The molecule has 1 unspecified atom stereocenters. The number of para-hydroxylation sites is 4. The van der Waals surface area contributed by atoms with Gasteiger partial charge in [-0.1, -0.05) is 30.3 Å². The second-order valence-electron chi connectivity index (χ2n) is 7.23. The van der Waals surface area contributed by atoms with E-state index in [1.807, 2.05) is 30.3 Å². The van der Waals surface area contributed by atoms with Gasteiger partial charge in [-0.05, 0) is 36.4 Å². The Labute approximate surface area is 197 Å². The Kier molecular flexibility index (Phi) is 8.54. The summed E-state index contributed by atoms with van der Waals surface area (Å²) in [6.07, 6.45) is -0.747. The third kappa shape index (κ3) is 5.76. The summed E-state index contributed by atoms with van der Waals surface area (Å²) in [6, 6.07) is 19.7. The van der Waals surface area contributed by atoms with Crippen LogP contribution in [0.25, 0.3) is 21.9 Å². The van der Waals surface area contributed by atoms with Crippen molar-refractivity contribution < 1.29 is 23.7 Å². The van der Waals surface area contributed by atoms with E-state index >= 15 is 0 Å². The smallest absolute Gasteiger partial charge is 0.200 e. The molecule has 33 heavy (non-hydrogen) atoms. The summed E-state index contributed by atoms with van der Waals surface area (Å²) >= 11 is 0. The molecular weight excluding hydrogens is 446 g/mol. The molecule has 7 nitrogen and oxygen atoms in total. The highest BCUT2D eigenvalue weighted by atomic mass is 35.5. The summed E-state index contributed by atoms with van der Waals surface area (Å²) < 4.78 is 22.6. The van der Waals surface area contributed by atoms with E-state index in [2.05, 4.69) is 5.32 Å². The molecule has 0 amide bonds. The Hall–Kier alpha value is -3.26. The van der Waals surface area contributed by atoms with Crippen LogP contribution in [-0.2, 0) is 0 Å². The van der Waals surface area contributed by atoms with Crippen LogP contribution in [-0.4, -0.2) is 44.6 Å². The molecule has 0 aliphatic heterocycles.